The lowest BCUT2D eigenvalue weighted by Gasteiger charge is -2.24. The molecule has 0 N–H and O–H groups in total. The van der Waals surface area contributed by atoms with Crippen molar-refractivity contribution in [2.75, 3.05) is 26.8 Å². The molecule has 7 heteroatoms. The summed E-state index contributed by atoms with van der Waals surface area (Å²) in [5, 5.41) is 0.130. The molecule has 0 atom stereocenters. The van der Waals surface area contributed by atoms with Gasteiger partial charge in [-0.25, -0.2) is 13.4 Å². The number of imidazole rings is 1. The Hall–Kier alpha value is -0.920. The lowest BCUT2D eigenvalue weighted by atomic mass is 9.97. The normalized spacial score (nSPS) is 17.8. The minimum Gasteiger partial charge on any atom is -0.381 e. The molecule has 21 heavy (non-hydrogen) atoms. The Bertz CT molecular complexity index is 548. The lowest BCUT2D eigenvalue weighted by molar-refractivity contribution is 0.0628. The largest absolute Gasteiger partial charge is 0.381 e. The van der Waals surface area contributed by atoms with Gasteiger partial charge in [0.05, 0.1) is 6.33 Å². The van der Waals surface area contributed by atoms with Crippen molar-refractivity contribution in [1.82, 2.24) is 13.9 Å². The molecule has 0 aliphatic carbocycles. The standard InChI is InChI=1S/C14H25N3O3S/c1-12(2)17-10-14(15-11-17)21(18,19)16(3)7-4-13-5-8-20-9-6-13/h10-13H,4-9H2,1-3H3. The first-order valence-electron chi connectivity index (χ1n) is 7.49. The highest BCUT2D eigenvalue weighted by Crippen LogP contribution is 2.20. The third-order valence-corrected chi connectivity index (χ3v) is 5.78. The van der Waals surface area contributed by atoms with Crippen molar-refractivity contribution < 1.29 is 13.2 Å². The van der Waals surface area contributed by atoms with E-state index in [4.69, 9.17) is 4.74 Å². The van der Waals surface area contributed by atoms with Crippen molar-refractivity contribution >= 4 is 10.0 Å². The Kier molecular flexibility index (Phi) is 5.40. The maximum atomic E-state index is 12.5. The fraction of sp³-hybridized carbons (Fsp3) is 0.786. The maximum absolute atomic E-state index is 12.5. The SMILES string of the molecule is CC(C)n1cnc(S(=O)(=O)N(C)CCC2CCOCC2)c1. The van der Waals surface area contributed by atoms with Crippen molar-refractivity contribution in [3.8, 4) is 0 Å². The van der Waals surface area contributed by atoms with E-state index < -0.39 is 10.0 Å². The van der Waals surface area contributed by atoms with E-state index in [-0.39, 0.29) is 11.1 Å². The maximum Gasteiger partial charge on any atom is 0.261 e. The van der Waals surface area contributed by atoms with Gasteiger partial charge in [-0.15, -0.1) is 0 Å². The summed E-state index contributed by atoms with van der Waals surface area (Å²) in [6, 6.07) is 0.203. The van der Waals surface area contributed by atoms with Gasteiger partial charge in [0.2, 0.25) is 0 Å². The molecule has 0 amide bonds. The number of sulfonamides is 1. The van der Waals surface area contributed by atoms with Crippen LogP contribution in [0.2, 0.25) is 0 Å². The summed E-state index contributed by atoms with van der Waals surface area (Å²) in [5.74, 6) is 0.560. The van der Waals surface area contributed by atoms with Gasteiger partial charge in [-0.1, -0.05) is 0 Å². The van der Waals surface area contributed by atoms with Crippen molar-refractivity contribution in [1.29, 1.82) is 0 Å². The van der Waals surface area contributed by atoms with Crippen molar-refractivity contribution in [3.05, 3.63) is 12.5 Å². The van der Waals surface area contributed by atoms with Gasteiger partial charge in [0.25, 0.3) is 10.0 Å². The Balaban J connectivity index is 1.97. The molecule has 6 nitrogen and oxygen atoms in total. The fourth-order valence-corrected chi connectivity index (χ4v) is 3.51. The highest BCUT2D eigenvalue weighted by atomic mass is 32.2. The van der Waals surface area contributed by atoms with Crippen LogP contribution < -0.4 is 0 Å². The summed E-state index contributed by atoms with van der Waals surface area (Å²) < 4.78 is 33.5. The summed E-state index contributed by atoms with van der Waals surface area (Å²) in [4.78, 5) is 4.04. The zero-order chi connectivity index (χ0) is 15.5. The molecule has 0 radical (unpaired) electrons. The molecule has 1 aromatic heterocycles. The van der Waals surface area contributed by atoms with Gasteiger partial charge in [-0.05, 0) is 39.0 Å². The molecule has 0 spiro atoms. The molecular weight excluding hydrogens is 290 g/mol. The van der Waals surface area contributed by atoms with Crippen LogP contribution >= 0.6 is 0 Å². The molecule has 0 unspecified atom stereocenters. The van der Waals surface area contributed by atoms with Gasteiger partial charge in [0, 0.05) is 39.0 Å². The van der Waals surface area contributed by atoms with Gasteiger partial charge < -0.3 is 9.30 Å². The molecule has 1 saturated heterocycles. The van der Waals surface area contributed by atoms with E-state index in [1.165, 1.54) is 4.31 Å². The van der Waals surface area contributed by atoms with Crippen LogP contribution in [0.3, 0.4) is 0 Å². The number of hydrogen-bond acceptors (Lipinski definition) is 4. The van der Waals surface area contributed by atoms with Crippen LogP contribution in [0.5, 0.6) is 0 Å². The molecule has 1 aliphatic rings. The quantitative estimate of drug-likeness (QED) is 0.804. The summed E-state index contributed by atoms with van der Waals surface area (Å²) in [6.45, 7) is 6.10. The summed E-state index contributed by atoms with van der Waals surface area (Å²) in [6.07, 6.45) is 6.10. The van der Waals surface area contributed by atoms with Gasteiger partial charge in [0.15, 0.2) is 5.03 Å². The van der Waals surface area contributed by atoms with E-state index in [2.05, 4.69) is 4.98 Å². The van der Waals surface area contributed by atoms with E-state index in [0.29, 0.717) is 12.5 Å². The second kappa shape index (κ2) is 6.89. The Morgan fingerprint density at radius 1 is 1.43 bits per heavy atom. The zero-order valence-electron chi connectivity index (χ0n) is 13.0. The first kappa shape index (κ1) is 16.5. The van der Waals surface area contributed by atoms with Crippen molar-refractivity contribution in [2.45, 2.75) is 44.2 Å². The van der Waals surface area contributed by atoms with Crippen LogP contribution in [0.1, 0.15) is 39.2 Å². The van der Waals surface area contributed by atoms with Crippen LogP contribution in [-0.4, -0.2) is 49.1 Å². The van der Waals surface area contributed by atoms with Crippen LogP contribution in [0.4, 0.5) is 0 Å². The number of hydrogen-bond donors (Lipinski definition) is 0. The first-order chi connectivity index (χ1) is 9.91. The van der Waals surface area contributed by atoms with Gasteiger partial charge in [-0.3, -0.25) is 0 Å². The van der Waals surface area contributed by atoms with E-state index >= 15 is 0 Å². The number of rotatable bonds is 6. The fourth-order valence-electron chi connectivity index (χ4n) is 2.41. The topological polar surface area (TPSA) is 64.4 Å². The first-order valence-corrected chi connectivity index (χ1v) is 8.93. The molecule has 0 saturated carbocycles. The number of ether oxygens (including phenoxy) is 1. The Morgan fingerprint density at radius 3 is 2.67 bits per heavy atom. The molecule has 1 fully saturated rings. The molecule has 0 bridgehead atoms. The molecule has 120 valence electrons. The van der Waals surface area contributed by atoms with Gasteiger partial charge >= 0.3 is 0 Å². The van der Waals surface area contributed by atoms with E-state index in [9.17, 15) is 8.42 Å². The number of aromatic nitrogens is 2. The molecule has 1 aliphatic heterocycles. The highest BCUT2D eigenvalue weighted by molar-refractivity contribution is 7.89. The van der Waals surface area contributed by atoms with Crippen LogP contribution in [-0.2, 0) is 14.8 Å². The summed E-state index contributed by atoms with van der Waals surface area (Å²) >= 11 is 0. The Labute approximate surface area is 127 Å². The minimum atomic E-state index is -3.48. The third kappa shape index (κ3) is 4.05. The molecular formula is C14H25N3O3S. The van der Waals surface area contributed by atoms with E-state index in [0.717, 1.165) is 32.5 Å². The van der Waals surface area contributed by atoms with E-state index in [1.807, 2.05) is 13.8 Å². The Morgan fingerprint density at radius 2 is 2.10 bits per heavy atom. The molecule has 0 aromatic carbocycles. The van der Waals surface area contributed by atoms with Gasteiger partial charge in [0.1, 0.15) is 0 Å². The van der Waals surface area contributed by atoms with E-state index in [1.54, 1.807) is 24.1 Å². The van der Waals surface area contributed by atoms with Crippen molar-refractivity contribution in [3.63, 3.8) is 0 Å². The van der Waals surface area contributed by atoms with Crippen molar-refractivity contribution in [2.24, 2.45) is 5.92 Å². The van der Waals surface area contributed by atoms with Crippen LogP contribution in [0, 0.1) is 5.92 Å². The smallest absolute Gasteiger partial charge is 0.261 e. The minimum absolute atomic E-state index is 0.130. The monoisotopic (exact) mass is 315 g/mol. The highest BCUT2D eigenvalue weighted by Gasteiger charge is 2.25. The van der Waals surface area contributed by atoms with Crippen LogP contribution in [0.25, 0.3) is 0 Å². The average Bonchev–Trinajstić information content (AvgIpc) is 2.96. The zero-order valence-corrected chi connectivity index (χ0v) is 13.8. The third-order valence-electron chi connectivity index (χ3n) is 4.04. The summed E-state index contributed by atoms with van der Waals surface area (Å²) in [7, 11) is -1.85. The van der Waals surface area contributed by atoms with Gasteiger partial charge in [-0.2, -0.15) is 4.31 Å². The summed E-state index contributed by atoms with van der Waals surface area (Å²) in [5.41, 5.74) is 0. The lowest BCUT2D eigenvalue weighted by Crippen LogP contribution is -2.30. The van der Waals surface area contributed by atoms with Crippen LogP contribution in [0.15, 0.2) is 17.6 Å². The second-order valence-electron chi connectivity index (χ2n) is 5.92. The second-order valence-corrected chi connectivity index (χ2v) is 7.92. The molecule has 1 aromatic rings. The molecule has 2 heterocycles. The average molecular weight is 315 g/mol. The predicted octanol–water partition coefficient (Wildman–Crippen LogP) is 1.90. The predicted molar refractivity (Wildman–Crippen MR) is 80.6 cm³/mol. The molecule has 2 rings (SSSR count). The number of nitrogens with zero attached hydrogens (tertiary/aromatic N) is 3.